The molecule has 0 spiro atoms. The molecule has 1 aliphatic rings. The van der Waals surface area contributed by atoms with Gasteiger partial charge in [-0.25, -0.2) is 0 Å². The Balaban J connectivity index is 2.31. The lowest BCUT2D eigenvalue weighted by Crippen LogP contribution is -2.39. The molecule has 1 amide bonds. The summed E-state index contributed by atoms with van der Waals surface area (Å²) in [7, 11) is 0. The van der Waals surface area contributed by atoms with Crippen LogP contribution in [0.4, 0.5) is 0 Å². The van der Waals surface area contributed by atoms with Crippen LogP contribution in [0.15, 0.2) is 18.2 Å². The summed E-state index contributed by atoms with van der Waals surface area (Å²) in [4.78, 5) is 14.3. The van der Waals surface area contributed by atoms with Crippen molar-refractivity contribution in [3.63, 3.8) is 0 Å². The van der Waals surface area contributed by atoms with E-state index in [1.807, 2.05) is 0 Å². The zero-order valence-electron chi connectivity index (χ0n) is 13.1. The summed E-state index contributed by atoms with van der Waals surface area (Å²) in [6.45, 7) is 9.05. The molecule has 20 heavy (non-hydrogen) atoms. The van der Waals surface area contributed by atoms with E-state index in [0.717, 1.165) is 19.3 Å². The Hall–Kier alpha value is -1.35. The average Bonchev–Trinajstić information content (AvgIpc) is 2.78. The summed E-state index contributed by atoms with van der Waals surface area (Å²) in [5, 5.41) is 3.38. The zero-order valence-corrected chi connectivity index (χ0v) is 13.1. The minimum absolute atomic E-state index is 0.0413. The molecule has 1 aromatic carbocycles. The molecule has 2 unspecified atom stereocenters. The first-order valence-corrected chi connectivity index (χ1v) is 7.70. The number of hydrogen-bond acceptors (Lipinski definition) is 2. The predicted octanol–water partition coefficient (Wildman–Crippen LogP) is 3.31. The smallest absolute Gasteiger partial charge is 0.238 e. The molecule has 110 valence electrons. The van der Waals surface area contributed by atoms with E-state index in [1.165, 1.54) is 16.7 Å². The monoisotopic (exact) mass is 274 g/mol. The fourth-order valence-electron chi connectivity index (χ4n) is 3.20. The van der Waals surface area contributed by atoms with Crippen LogP contribution < -0.4 is 5.32 Å². The van der Waals surface area contributed by atoms with Gasteiger partial charge in [0, 0.05) is 6.04 Å². The van der Waals surface area contributed by atoms with Gasteiger partial charge in [0.2, 0.25) is 5.91 Å². The third kappa shape index (κ3) is 2.88. The summed E-state index contributed by atoms with van der Waals surface area (Å²) < 4.78 is 0. The van der Waals surface area contributed by atoms with E-state index in [2.05, 4.69) is 56.1 Å². The first-order valence-electron chi connectivity index (χ1n) is 7.70. The molecule has 0 saturated carbocycles. The van der Waals surface area contributed by atoms with Crippen LogP contribution in [0.1, 0.15) is 56.0 Å². The molecule has 2 rings (SSSR count). The molecule has 1 aliphatic heterocycles. The van der Waals surface area contributed by atoms with Crippen LogP contribution in [-0.4, -0.2) is 23.4 Å². The topological polar surface area (TPSA) is 32.3 Å². The molecule has 1 heterocycles. The third-order valence-corrected chi connectivity index (χ3v) is 4.22. The lowest BCUT2D eigenvalue weighted by Gasteiger charge is -2.33. The largest absolute Gasteiger partial charge is 0.319 e. The summed E-state index contributed by atoms with van der Waals surface area (Å²) in [5.74, 6) is 0.232. The Morgan fingerprint density at radius 2 is 2.10 bits per heavy atom. The second kappa shape index (κ2) is 6.40. The van der Waals surface area contributed by atoms with Crippen LogP contribution in [-0.2, 0) is 4.79 Å². The summed E-state index contributed by atoms with van der Waals surface area (Å²) in [5.41, 5.74) is 3.76. The second-order valence-electron chi connectivity index (χ2n) is 5.80. The molecule has 1 N–H and O–H groups in total. The quantitative estimate of drug-likeness (QED) is 0.893. The number of benzene rings is 1. The molecule has 3 heteroatoms. The van der Waals surface area contributed by atoms with Gasteiger partial charge in [-0.2, -0.15) is 0 Å². The molecule has 0 aromatic heterocycles. The molecule has 3 nitrogen and oxygen atoms in total. The van der Waals surface area contributed by atoms with Gasteiger partial charge in [0.05, 0.1) is 6.54 Å². The summed E-state index contributed by atoms with van der Waals surface area (Å²) in [6, 6.07) is 6.82. The van der Waals surface area contributed by atoms with Crippen molar-refractivity contribution in [2.45, 2.75) is 59.2 Å². The first-order chi connectivity index (χ1) is 9.58. The Morgan fingerprint density at radius 3 is 2.70 bits per heavy atom. The number of aryl methyl sites for hydroxylation is 2. The van der Waals surface area contributed by atoms with Crippen LogP contribution in [0.5, 0.6) is 0 Å². The molecule has 1 fully saturated rings. The van der Waals surface area contributed by atoms with E-state index < -0.39 is 0 Å². The van der Waals surface area contributed by atoms with Crippen molar-refractivity contribution in [3.05, 3.63) is 34.9 Å². The molecule has 0 bridgehead atoms. The van der Waals surface area contributed by atoms with Gasteiger partial charge in [-0.05, 0) is 37.8 Å². The standard InChI is InChI=1S/C17H26N2O/c1-5-7-14(6-2)19-16(20)11-18-17(19)15-9-8-12(3)10-13(15)4/h8-10,14,17-18H,5-7,11H2,1-4H3. The predicted molar refractivity (Wildman–Crippen MR) is 82.5 cm³/mol. The highest BCUT2D eigenvalue weighted by Gasteiger charge is 2.36. The van der Waals surface area contributed by atoms with Gasteiger partial charge < -0.3 is 4.90 Å². The molecule has 2 atom stereocenters. The second-order valence-corrected chi connectivity index (χ2v) is 5.80. The van der Waals surface area contributed by atoms with Crippen molar-refractivity contribution < 1.29 is 4.79 Å². The number of carbonyl (C=O) groups excluding carboxylic acids is 1. The number of nitrogens with zero attached hydrogens (tertiary/aromatic N) is 1. The highest BCUT2D eigenvalue weighted by Crippen LogP contribution is 2.30. The van der Waals surface area contributed by atoms with Crippen LogP contribution in [0, 0.1) is 13.8 Å². The van der Waals surface area contributed by atoms with Crippen LogP contribution in [0.2, 0.25) is 0 Å². The molecular weight excluding hydrogens is 248 g/mol. The van der Waals surface area contributed by atoms with Gasteiger partial charge in [-0.3, -0.25) is 10.1 Å². The molecule has 1 saturated heterocycles. The minimum Gasteiger partial charge on any atom is -0.319 e. The molecule has 0 radical (unpaired) electrons. The highest BCUT2D eigenvalue weighted by molar-refractivity contribution is 5.81. The lowest BCUT2D eigenvalue weighted by atomic mass is 10.0. The van der Waals surface area contributed by atoms with Crippen molar-refractivity contribution in [1.82, 2.24) is 10.2 Å². The van der Waals surface area contributed by atoms with Gasteiger partial charge in [0.15, 0.2) is 0 Å². The summed E-state index contributed by atoms with van der Waals surface area (Å²) >= 11 is 0. The average molecular weight is 274 g/mol. The van der Waals surface area contributed by atoms with Crippen molar-refractivity contribution in [2.75, 3.05) is 6.54 Å². The fourth-order valence-corrected chi connectivity index (χ4v) is 3.20. The van der Waals surface area contributed by atoms with E-state index in [-0.39, 0.29) is 12.1 Å². The van der Waals surface area contributed by atoms with Crippen molar-refractivity contribution in [3.8, 4) is 0 Å². The van der Waals surface area contributed by atoms with Gasteiger partial charge >= 0.3 is 0 Å². The Kier molecular flexibility index (Phi) is 4.81. The first kappa shape index (κ1) is 15.0. The Bertz CT molecular complexity index is 484. The number of amides is 1. The van der Waals surface area contributed by atoms with Gasteiger partial charge in [-0.1, -0.05) is 44.0 Å². The van der Waals surface area contributed by atoms with Crippen LogP contribution in [0.3, 0.4) is 0 Å². The van der Waals surface area contributed by atoms with Crippen LogP contribution in [0.25, 0.3) is 0 Å². The Labute approximate surface area is 122 Å². The number of carbonyl (C=O) groups is 1. The van der Waals surface area contributed by atoms with Gasteiger partial charge in [0.25, 0.3) is 0 Å². The van der Waals surface area contributed by atoms with E-state index in [9.17, 15) is 4.79 Å². The van der Waals surface area contributed by atoms with E-state index in [0.29, 0.717) is 12.6 Å². The Morgan fingerprint density at radius 1 is 1.35 bits per heavy atom. The van der Waals surface area contributed by atoms with E-state index in [4.69, 9.17) is 0 Å². The number of hydrogen-bond donors (Lipinski definition) is 1. The van der Waals surface area contributed by atoms with Gasteiger partial charge in [0.1, 0.15) is 6.17 Å². The maximum absolute atomic E-state index is 12.3. The normalized spacial score (nSPS) is 20.5. The third-order valence-electron chi connectivity index (χ3n) is 4.22. The number of rotatable bonds is 5. The fraction of sp³-hybridized carbons (Fsp3) is 0.588. The van der Waals surface area contributed by atoms with Crippen molar-refractivity contribution in [1.29, 1.82) is 0 Å². The molecule has 1 aromatic rings. The van der Waals surface area contributed by atoms with E-state index >= 15 is 0 Å². The van der Waals surface area contributed by atoms with Crippen molar-refractivity contribution in [2.24, 2.45) is 0 Å². The zero-order chi connectivity index (χ0) is 14.7. The minimum atomic E-state index is 0.0413. The maximum Gasteiger partial charge on any atom is 0.238 e. The van der Waals surface area contributed by atoms with Crippen LogP contribution >= 0.6 is 0 Å². The maximum atomic E-state index is 12.3. The van der Waals surface area contributed by atoms with Crippen molar-refractivity contribution >= 4 is 5.91 Å². The highest BCUT2D eigenvalue weighted by atomic mass is 16.2. The molecule has 0 aliphatic carbocycles. The SMILES string of the molecule is CCCC(CC)N1C(=O)CNC1c1ccc(C)cc1C. The molecular formula is C17H26N2O. The summed E-state index contributed by atoms with van der Waals surface area (Å²) in [6.07, 6.45) is 3.25. The number of nitrogens with one attached hydrogen (secondary N) is 1. The lowest BCUT2D eigenvalue weighted by molar-refractivity contribution is -0.130. The van der Waals surface area contributed by atoms with E-state index in [1.54, 1.807) is 0 Å². The van der Waals surface area contributed by atoms with Gasteiger partial charge in [-0.15, -0.1) is 0 Å².